The average Bonchev–Trinajstić information content (AvgIpc) is 3.06. The molecule has 0 unspecified atom stereocenters. The minimum atomic E-state index is -0.0734. The number of carbonyl (C=O) groups is 1. The number of nitrogen functional groups attached to an aromatic ring is 1. The molecular formula is C14H22N4OS2. The van der Waals surface area contributed by atoms with Crippen molar-refractivity contribution in [3.63, 3.8) is 0 Å². The summed E-state index contributed by atoms with van der Waals surface area (Å²) in [6.45, 7) is 2.76. The van der Waals surface area contributed by atoms with Gasteiger partial charge in [0.15, 0.2) is 5.13 Å². The molecule has 1 saturated carbocycles. The van der Waals surface area contributed by atoms with Gasteiger partial charge in [0.1, 0.15) is 10.7 Å². The molecule has 3 rings (SSSR count). The Kier molecular flexibility index (Phi) is 4.31. The lowest BCUT2D eigenvalue weighted by Crippen LogP contribution is -2.45. The van der Waals surface area contributed by atoms with E-state index in [1.807, 2.05) is 11.8 Å². The summed E-state index contributed by atoms with van der Waals surface area (Å²) >= 11 is 3.28. The van der Waals surface area contributed by atoms with E-state index in [1.165, 1.54) is 43.4 Å². The van der Waals surface area contributed by atoms with Crippen molar-refractivity contribution < 1.29 is 4.79 Å². The number of hydrogen-bond acceptors (Lipinski definition) is 6. The first-order valence-corrected chi connectivity index (χ1v) is 9.52. The molecule has 1 aliphatic carbocycles. The highest BCUT2D eigenvalue weighted by Crippen LogP contribution is 2.42. The van der Waals surface area contributed by atoms with Crippen LogP contribution in [0.1, 0.15) is 41.8 Å². The molecule has 116 valence electrons. The molecule has 2 heterocycles. The van der Waals surface area contributed by atoms with Crippen LogP contribution in [0.15, 0.2) is 0 Å². The smallest absolute Gasteiger partial charge is 0.265 e. The van der Waals surface area contributed by atoms with Crippen LogP contribution in [-0.4, -0.2) is 41.5 Å². The van der Waals surface area contributed by atoms with Gasteiger partial charge >= 0.3 is 0 Å². The number of carbonyl (C=O) groups excluding carboxylic acids is 1. The Hall–Kier alpha value is -0.950. The SMILES string of the molecule is CSC1(CNC(=O)c2sc(N3CCCC3)nc2N)CCC1. The molecule has 7 heteroatoms. The van der Waals surface area contributed by atoms with E-state index < -0.39 is 0 Å². The number of thiazole rings is 1. The number of nitrogens with one attached hydrogen (secondary N) is 1. The summed E-state index contributed by atoms with van der Waals surface area (Å²) in [5, 5.41) is 3.94. The van der Waals surface area contributed by atoms with Crippen molar-refractivity contribution in [3.05, 3.63) is 4.88 Å². The number of rotatable bonds is 5. The third-order valence-electron chi connectivity index (χ3n) is 4.49. The maximum Gasteiger partial charge on any atom is 0.265 e. The summed E-state index contributed by atoms with van der Waals surface area (Å²) in [4.78, 5) is 19.5. The Labute approximate surface area is 133 Å². The number of thioether (sulfide) groups is 1. The molecule has 1 amide bonds. The van der Waals surface area contributed by atoms with Gasteiger partial charge in [0.25, 0.3) is 5.91 Å². The highest BCUT2D eigenvalue weighted by molar-refractivity contribution is 8.00. The van der Waals surface area contributed by atoms with Gasteiger partial charge in [0.05, 0.1) is 0 Å². The van der Waals surface area contributed by atoms with Crippen molar-refractivity contribution in [2.45, 2.75) is 36.9 Å². The van der Waals surface area contributed by atoms with Crippen molar-refractivity contribution in [2.24, 2.45) is 0 Å². The topological polar surface area (TPSA) is 71.2 Å². The fourth-order valence-electron chi connectivity index (χ4n) is 2.87. The molecule has 2 fully saturated rings. The van der Waals surface area contributed by atoms with Crippen molar-refractivity contribution in [1.29, 1.82) is 0 Å². The summed E-state index contributed by atoms with van der Waals surface area (Å²) in [5.74, 6) is 0.294. The summed E-state index contributed by atoms with van der Waals surface area (Å²) < 4.78 is 0.243. The molecule has 3 N–H and O–H groups in total. The predicted molar refractivity (Wildman–Crippen MR) is 90.4 cm³/mol. The van der Waals surface area contributed by atoms with Gasteiger partial charge in [-0.15, -0.1) is 0 Å². The average molecular weight is 326 g/mol. The predicted octanol–water partition coefficient (Wildman–Crippen LogP) is 2.34. The van der Waals surface area contributed by atoms with Crippen LogP contribution < -0.4 is 16.0 Å². The van der Waals surface area contributed by atoms with Crippen LogP contribution in [0.4, 0.5) is 10.9 Å². The number of anilines is 2. The maximum absolute atomic E-state index is 12.3. The summed E-state index contributed by atoms with van der Waals surface area (Å²) in [7, 11) is 0. The van der Waals surface area contributed by atoms with E-state index in [2.05, 4.69) is 21.5 Å². The molecule has 0 radical (unpaired) electrons. The quantitative estimate of drug-likeness (QED) is 0.869. The number of hydrogen-bond donors (Lipinski definition) is 2. The van der Waals surface area contributed by atoms with Crippen LogP contribution in [0.5, 0.6) is 0 Å². The fraction of sp³-hybridized carbons (Fsp3) is 0.714. The highest BCUT2D eigenvalue weighted by Gasteiger charge is 2.36. The van der Waals surface area contributed by atoms with Crippen LogP contribution in [0.25, 0.3) is 0 Å². The number of nitrogens with zero attached hydrogens (tertiary/aromatic N) is 2. The van der Waals surface area contributed by atoms with E-state index in [4.69, 9.17) is 5.73 Å². The van der Waals surface area contributed by atoms with Gasteiger partial charge in [-0.25, -0.2) is 4.98 Å². The van der Waals surface area contributed by atoms with Crippen molar-refractivity contribution in [2.75, 3.05) is 36.5 Å². The largest absolute Gasteiger partial charge is 0.382 e. The minimum Gasteiger partial charge on any atom is -0.382 e. The second-order valence-corrected chi connectivity index (χ2v) is 8.08. The number of aromatic nitrogens is 1. The van der Waals surface area contributed by atoms with Crippen LogP contribution in [0.3, 0.4) is 0 Å². The molecule has 0 atom stereocenters. The van der Waals surface area contributed by atoms with E-state index in [1.54, 1.807) is 0 Å². The molecule has 1 aromatic rings. The zero-order valence-electron chi connectivity index (χ0n) is 12.4. The first kappa shape index (κ1) is 15.0. The van der Waals surface area contributed by atoms with Crippen molar-refractivity contribution >= 4 is 40.0 Å². The van der Waals surface area contributed by atoms with Crippen molar-refractivity contribution in [3.8, 4) is 0 Å². The molecule has 2 aliphatic rings. The molecule has 5 nitrogen and oxygen atoms in total. The highest BCUT2D eigenvalue weighted by atomic mass is 32.2. The van der Waals surface area contributed by atoms with E-state index in [0.29, 0.717) is 10.7 Å². The lowest BCUT2D eigenvalue weighted by atomic mass is 9.84. The molecule has 1 aromatic heterocycles. The van der Waals surface area contributed by atoms with Gasteiger partial charge < -0.3 is 16.0 Å². The van der Waals surface area contributed by atoms with Gasteiger partial charge in [-0.3, -0.25) is 4.79 Å². The Morgan fingerprint density at radius 3 is 2.71 bits per heavy atom. The minimum absolute atomic E-state index is 0.0734. The Balaban J connectivity index is 1.64. The summed E-state index contributed by atoms with van der Waals surface area (Å²) in [6, 6.07) is 0. The van der Waals surface area contributed by atoms with Crippen molar-refractivity contribution in [1.82, 2.24) is 10.3 Å². The number of amides is 1. The van der Waals surface area contributed by atoms with Gasteiger partial charge in [0, 0.05) is 24.4 Å². The zero-order valence-corrected chi connectivity index (χ0v) is 14.0. The second kappa shape index (κ2) is 6.04. The van der Waals surface area contributed by atoms with Crippen LogP contribution in [0, 0.1) is 0 Å². The van der Waals surface area contributed by atoms with Gasteiger partial charge in [-0.1, -0.05) is 17.8 Å². The molecular weight excluding hydrogens is 304 g/mol. The van der Waals surface area contributed by atoms with Gasteiger partial charge in [-0.05, 0) is 31.9 Å². The normalized spacial score (nSPS) is 20.3. The Bertz CT molecular complexity index is 516. The van der Waals surface area contributed by atoms with Crippen LogP contribution in [0.2, 0.25) is 0 Å². The lowest BCUT2D eigenvalue weighted by Gasteiger charge is -2.40. The van der Waals surface area contributed by atoms with Crippen LogP contribution in [-0.2, 0) is 0 Å². The third-order valence-corrected chi connectivity index (χ3v) is 7.04. The molecule has 0 spiro atoms. The first-order valence-electron chi connectivity index (χ1n) is 7.48. The Morgan fingerprint density at radius 1 is 1.43 bits per heavy atom. The number of nitrogens with two attached hydrogens (primary N) is 1. The molecule has 21 heavy (non-hydrogen) atoms. The zero-order chi connectivity index (χ0) is 14.9. The first-order chi connectivity index (χ1) is 10.1. The van der Waals surface area contributed by atoms with E-state index in [0.717, 1.165) is 24.8 Å². The maximum atomic E-state index is 12.3. The third kappa shape index (κ3) is 2.99. The lowest BCUT2D eigenvalue weighted by molar-refractivity contribution is 0.0948. The standard InChI is InChI=1S/C14H22N4OS2/c1-20-14(5-4-6-14)9-16-12(19)10-11(15)17-13(21-10)18-7-2-3-8-18/h2-9,15H2,1H3,(H,16,19). The summed E-state index contributed by atoms with van der Waals surface area (Å²) in [5.41, 5.74) is 5.93. The Morgan fingerprint density at radius 2 is 2.14 bits per heavy atom. The van der Waals surface area contributed by atoms with Crippen LogP contribution >= 0.6 is 23.1 Å². The van der Waals surface area contributed by atoms with E-state index in [9.17, 15) is 4.79 Å². The second-order valence-electron chi connectivity index (χ2n) is 5.83. The molecule has 0 bridgehead atoms. The monoisotopic (exact) mass is 326 g/mol. The molecule has 1 saturated heterocycles. The molecule has 1 aliphatic heterocycles. The van der Waals surface area contributed by atoms with Gasteiger partial charge in [0.2, 0.25) is 0 Å². The summed E-state index contributed by atoms with van der Waals surface area (Å²) in [6.07, 6.45) is 8.14. The fourth-order valence-corrected chi connectivity index (χ4v) is 4.74. The van der Waals surface area contributed by atoms with Gasteiger partial charge in [-0.2, -0.15) is 11.8 Å². The van der Waals surface area contributed by atoms with E-state index >= 15 is 0 Å². The van der Waals surface area contributed by atoms with E-state index in [-0.39, 0.29) is 10.7 Å². The molecule has 0 aromatic carbocycles.